The molecule has 1 aromatic rings. The van der Waals surface area contributed by atoms with Crippen molar-refractivity contribution >= 4 is 11.7 Å². The van der Waals surface area contributed by atoms with Crippen molar-refractivity contribution in [1.29, 1.82) is 0 Å². The summed E-state index contributed by atoms with van der Waals surface area (Å²) in [5.74, 6) is 0.461. The monoisotopic (exact) mass is 248 g/mol. The molecule has 0 radical (unpaired) electrons. The lowest BCUT2D eigenvalue weighted by molar-refractivity contribution is 0.0929. The van der Waals surface area contributed by atoms with Crippen LogP contribution in [0.25, 0.3) is 0 Å². The average Bonchev–Trinajstić information content (AvgIpc) is 2.83. The summed E-state index contributed by atoms with van der Waals surface area (Å²) in [5, 5.41) is 5.84. The molecule has 1 saturated carbocycles. The molecule has 98 valence electrons. The third kappa shape index (κ3) is 2.97. The van der Waals surface area contributed by atoms with Gasteiger partial charge in [-0.05, 0) is 18.3 Å². The molecule has 5 nitrogen and oxygen atoms in total. The van der Waals surface area contributed by atoms with Crippen molar-refractivity contribution in [2.24, 2.45) is 5.41 Å². The van der Waals surface area contributed by atoms with Gasteiger partial charge >= 0.3 is 0 Å². The quantitative estimate of drug-likeness (QED) is 0.853. The Morgan fingerprint density at radius 3 is 2.78 bits per heavy atom. The highest BCUT2D eigenvalue weighted by Crippen LogP contribution is 2.36. The lowest BCUT2D eigenvalue weighted by Crippen LogP contribution is -2.34. The molecule has 1 aliphatic carbocycles. The molecule has 0 unspecified atom stereocenters. The minimum Gasteiger partial charge on any atom is -0.372 e. The van der Waals surface area contributed by atoms with Gasteiger partial charge in [-0.1, -0.05) is 19.8 Å². The maximum absolute atomic E-state index is 12.0. The Labute approximate surface area is 107 Å². The van der Waals surface area contributed by atoms with Crippen LogP contribution in [0.5, 0.6) is 0 Å². The highest BCUT2D eigenvalue weighted by atomic mass is 16.1. The summed E-state index contributed by atoms with van der Waals surface area (Å²) in [4.78, 5) is 20.1. The third-order valence-corrected chi connectivity index (χ3v) is 3.61. The van der Waals surface area contributed by atoms with Crippen LogP contribution in [0.1, 0.15) is 43.1 Å². The van der Waals surface area contributed by atoms with Gasteiger partial charge in [-0.2, -0.15) is 0 Å². The molecule has 1 aromatic heterocycles. The van der Waals surface area contributed by atoms with Gasteiger partial charge in [-0.3, -0.25) is 9.78 Å². The van der Waals surface area contributed by atoms with Crippen molar-refractivity contribution in [3.05, 3.63) is 18.1 Å². The third-order valence-electron chi connectivity index (χ3n) is 3.61. The molecule has 5 heteroatoms. The van der Waals surface area contributed by atoms with Crippen molar-refractivity contribution in [2.45, 2.75) is 32.6 Å². The zero-order valence-electron chi connectivity index (χ0n) is 11.0. The zero-order chi connectivity index (χ0) is 13.0. The molecule has 0 aromatic carbocycles. The van der Waals surface area contributed by atoms with E-state index in [2.05, 4.69) is 27.5 Å². The number of rotatable bonds is 4. The van der Waals surface area contributed by atoms with Gasteiger partial charge in [0.2, 0.25) is 0 Å². The number of carbonyl (C=O) groups excluding carboxylic acids is 1. The molecule has 1 heterocycles. The van der Waals surface area contributed by atoms with Crippen LogP contribution in [-0.4, -0.2) is 29.5 Å². The first-order valence-corrected chi connectivity index (χ1v) is 6.41. The molecular weight excluding hydrogens is 228 g/mol. The Morgan fingerprint density at radius 1 is 1.39 bits per heavy atom. The maximum atomic E-state index is 12.0. The summed E-state index contributed by atoms with van der Waals surface area (Å²) >= 11 is 0. The van der Waals surface area contributed by atoms with E-state index in [4.69, 9.17) is 0 Å². The van der Waals surface area contributed by atoms with Gasteiger partial charge in [0.05, 0.1) is 12.4 Å². The first-order valence-electron chi connectivity index (χ1n) is 6.41. The number of hydrogen-bond acceptors (Lipinski definition) is 4. The van der Waals surface area contributed by atoms with E-state index in [9.17, 15) is 4.79 Å². The number of carbonyl (C=O) groups is 1. The Morgan fingerprint density at radius 2 is 2.11 bits per heavy atom. The van der Waals surface area contributed by atoms with Gasteiger partial charge in [0.1, 0.15) is 11.5 Å². The van der Waals surface area contributed by atoms with Crippen LogP contribution in [0.3, 0.4) is 0 Å². The van der Waals surface area contributed by atoms with Crippen molar-refractivity contribution < 1.29 is 4.79 Å². The standard InChI is InChI=1S/C13H20N4O/c1-13(5-3-4-6-13)9-16-12(18)10-7-15-8-11(14-2)17-10/h7-8H,3-6,9H2,1-2H3,(H,14,17)(H,16,18). The van der Waals surface area contributed by atoms with E-state index in [0.717, 1.165) is 6.54 Å². The second kappa shape index (κ2) is 5.33. The van der Waals surface area contributed by atoms with Gasteiger partial charge in [0, 0.05) is 13.6 Å². The fourth-order valence-corrected chi connectivity index (χ4v) is 2.39. The number of nitrogens with one attached hydrogen (secondary N) is 2. The first-order chi connectivity index (χ1) is 8.63. The van der Waals surface area contributed by atoms with Gasteiger partial charge in [-0.25, -0.2) is 4.98 Å². The predicted molar refractivity (Wildman–Crippen MR) is 70.5 cm³/mol. The van der Waals surface area contributed by atoms with Gasteiger partial charge in [-0.15, -0.1) is 0 Å². The predicted octanol–water partition coefficient (Wildman–Crippen LogP) is 1.83. The van der Waals surface area contributed by atoms with Crippen LogP contribution in [-0.2, 0) is 0 Å². The van der Waals surface area contributed by atoms with E-state index >= 15 is 0 Å². The van der Waals surface area contributed by atoms with E-state index in [1.54, 1.807) is 13.2 Å². The van der Waals surface area contributed by atoms with E-state index in [1.165, 1.54) is 31.9 Å². The summed E-state index contributed by atoms with van der Waals surface area (Å²) < 4.78 is 0. The molecule has 1 amide bonds. The van der Waals surface area contributed by atoms with Gasteiger partial charge in [0.15, 0.2) is 0 Å². The van der Waals surface area contributed by atoms with E-state index < -0.39 is 0 Å². The molecule has 0 bridgehead atoms. The Kier molecular flexibility index (Phi) is 3.79. The Bertz CT molecular complexity index is 427. The summed E-state index contributed by atoms with van der Waals surface area (Å²) in [7, 11) is 1.76. The zero-order valence-corrected chi connectivity index (χ0v) is 11.0. The summed E-state index contributed by atoms with van der Waals surface area (Å²) in [6.45, 7) is 2.95. The van der Waals surface area contributed by atoms with E-state index in [-0.39, 0.29) is 11.3 Å². The molecule has 0 spiro atoms. The maximum Gasteiger partial charge on any atom is 0.271 e. The van der Waals surface area contributed by atoms with Crippen LogP contribution < -0.4 is 10.6 Å². The van der Waals surface area contributed by atoms with Crippen LogP contribution in [0.15, 0.2) is 12.4 Å². The molecular formula is C13H20N4O. The Hall–Kier alpha value is -1.65. The van der Waals surface area contributed by atoms with Crippen LogP contribution in [0, 0.1) is 5.41 Å². The molecule has 2 N–H and O–H groups in total. The van der Waals surface area contributed by atoms with E-state index in [1.807, 2.05) is 0 Å². The van der Waals surface area contributed by atoms with Crippen LogP contribution in [0.2, 0.25) is 0 Å². The smallest absolute Gasteiger partial charge is 0.271 e. The van der Waals surface area contributed by atoms with Crippen molar-refractivity contribution in [2.75, 3.05) is 18.9 Å². The molecule has 2 rings (SSSR count). The fraction of sp³-hybridized carbons (Fsp3) is 0.615. The van der Waals surface area contributed by atoms with Crippen molar-refractivity contribution in [1.82, 2.24) is 15.3 Å². The molecule has 0 atom stereocenters. The highest BCUT2D eigenvalue weighted by Gasteiger charge is 2.29. The van der Waals surface area contributed by atoms with Crippen LogP contribution in [0.4, 0.5) is 5.82 Å². The topological polar surface area (TPSA) is 66.9 Å². The first kappa shape index (κ1) is 12.8. The largest absolute Gasteiger partial charge is 0.372 e. The lowest BCUT2D eigenvalue weighted by Gasteiger charge is -2.23. The number of nitrogens with zero attached hydrogens (tertiary/aromatic N) is 2. The fourth-order valence-electron chi connectivity index (χ4n) is 2.39. The SMILES string of the molecule is CNc1cncc(C(=O)NCC2(C)CCCC2)n1. The molecule has 1 aliphatic rings. The van der Waals surface area contributed by atoms with Gasteiger partial charge in [0.25, 0.3) is 5.91 Å². The second-order valence-corrected chi connectivity index (χ2v) is 5.24. The summed E-state index contributed by atoms with van der Waals surface area (Å²) in [6, 6.07) is 0. The summed E-state index contributed by atoms with van der Waals surface area (Å²) in [6.07, 6.45) is 8.00. The highest BCUT2D eigenvalue weighted by molar-refractivity contribution is 5.92. The van der Waals surface area contributed by atoms with Gasteiger partial charge < -0.3 is 10.6 Å². The number of amides is 1. The minimum atomic E-state index is -0.146. The molecule has 18 heavy (non-hydrogen) atoms. The van der Waals surface area contributed by atoms with Crippen molar-refractivity contribution in [3.8, 4) is 0 Å². The lowest BCUT2D eigenvalue weighted by atomic mass is 9.89. The number of anilines is 1. The normalized spacial score (nSPS) is 17.4. The minimum absolute atomic E-state index is 0.146. The van der Waals surface area contributed by atoms with Crippen LogP contribution >= 0.6 is 0 Å². The number of aromatic nitrogens is 2. The summed E-state index contributed by atoms with van der Waals surface area (Å²) in [5.41, 5.74) is 0.618. The molecule has 1 fully saturated rings. The molecule has 0 aliphatic heterocycles. The second-order valence-electron chi connectivity index (χ2n) is 5.24. The molecule has 0 saturated heterocycles. The van der Waals surface area contributed by atoms with E-state index in [0.29, 0.717) is 11.5 Å². The van der Waals surface area contributed by atoms with Crippen molar-refractivity contribution in [3.63, 3.8) is 0 Å². The average molecular weight is 248 g/mol. The Balaban J connectivity index is 1.94. The number of hydrogen-bond donors (Lipinski definition) is 2.